The first-order valence-corrected chi connectivity index (χ1v) is 8.39. The Morgan fingerprint density at radius 3 is 2.48 bits per heavy atom. The van der Waals surface area contributed by atoms with Crippen LogP contribution in [0.3, 0.4) is 0 Å². The molecule has 0 amide bonds. The predicted octanol–water partition coefficient (Wildman–Crippen LogP) is 2.69. The van der Waals surface area contributed by atoms with Crippen LogP contribution in [-0.4, -0.2) is 58.8 Å². The van der Waals surface area contributed by atoms with Crippen molar-refractivity contribution < 1.29 is 0 Å². The smallest absolute Gasteiger partial charge is 0.0596 e. The van der Waals surface area contributed by atoms with Gasteiger partial charge in [0, 0.05) is 30.9 Å². The minimum absolute atomic E-state index is 0.514. The van der Waals surface area contributed by atoms with Crippen molar-refractivity contribution in [1.82, 2.24) is 19.6 Å². The third-order valence-electron chi connectivity index (χ3n) is 5.05. The SMILES string of the molecule is Cc1cc(C)n(CC(C)N(C)CCN(C)C2CCCC2)n1. The molecule has 1 fully saturated rings. The Balaban J connectivity index is 1.76. The number of aryl methyl sites for hydroxylation is 2. The molecule has 0 saturated heterocycles. The monoisotopic (exact) mass is 292 g/mol. The highest BCUT2D eigenvalue weighted by Gasteiger charge is 2.20. The normalized spacial score (nSPS) is 18.0. The van der Waals surface area contributed by atoms with Crippen molar-refractivity contribution >= 4 is 0 Å². The summed E-state index contributed by atoms with van der Waals surface area (Å²) in [5, 5.41) is 4.57. The molecule has 0 spiro atoms. The third kappa shape index (κ3) is 4.55. The first-order valence-electron chi connectivity index (χ1n) is 8.39. The molecular formula is C17H32N4. The van der Waals surface area contributed by atoms with E-state index in [-0.39, 0.29) is 0 Å². The van der Waals surface area contributed by atoms with Crippen LogP contribution in [0, 0.1) is 13.8 Å². The first-order chi connectivity index (χ1) is 9.97. The number of likely N-dealkylation sites (N-methyl/N-ethyl adjacent to an activating group) is 2. The molecule has 1 aromatic rings. The molecule has 0 N–H and O–H groups in total. The van der Waals surface area contributed by atoms with Crippen LogP contribution in [0.25, 0.3) is 0 Å². The van der Waals surface area contributed by atoms with Gasteiger partial charge >= 0.3 is 0 Å². The van der Waals surface area contributed by atoms with Crippen molar-refractivity contribution in [2.75, 3.05) is 27.2 Å². The summed E-state index contributed by atoms with van der Waals surface area (Å²) >= 11 is 0. The van der Waals surface area contributed by atoms with E-state index in [4.69, 9.17) is 0 Å². The maximum absolute atomic E-state index is 4.57. The second-order valence-corrected chi connectivity index (χ2v) is 6.86. The second-order valence-electron chi connectivity index (χ2n) is 6.86. The number of nitrogens with zero attached hydrogens (tertiary/aromatic N) is 4. The zero-order valence-electron chi connectivity index (χ0n) is 14.5. The van der Waals surface area contributed by atoms with Gasteiger partial charge in [-0.1, -0.05) is 12.8 Å². The van der Waals surface area contributed by atoms with Crippen LogP contribution in [0.2, 0.25) is 0 Å². The fraction of sp³-hybridized carbons (Fsp3) is 0.824. The zero-order chi connectivity index (χ0) is 15.4. The van der Waals surface area contributed by atoms with Gasteiger partial charge in [0.05, 0.1) is 12.2 Å². The van der Waals surface area contributed by atoms with Gasteiger partial charge in [-0.05, 0) is 53.8 Å². The highest BCUT2D eigenvalue weighted by Crippen LogP contribution is 2.22. The summed E-state index contributed by atoms with van der Waals surface area (Å²) in [6.07, 6.45) is 5.61. The van der Waals surface area contributed by atoms with E-state index in [1.54, 1.807) is 0 Å². The van der Waals surface area contributed by atoms with Gasteiger partial charge in [0.2, 0.25) is 0 Å². The summed E-state index contributed by atoms with van der Waals surface area (Å²) in [5.41, 5.74) is 2.37. The lowest BCUT2D eigenvalue weighted by molar-refractivity contribution is 0.172. The van der Waals surface area contributed by atoms with E-state index in [1.807, 2.05) is 0 Å². The van der Waals surface area contributed by atoms with E-state index in [0.29, 0.717) is 6.04 Å². The molecule has 1 aliphatic carbocycles. The number of aromatic nitrogens is 2. The third-order valence-corrected chi connectivity index (χ3v) is 5.05. The molecule has 1 aromatic heterocycles. The molecule has 0 bridgehead atoms. The predicted molar refractivity (Wildman–Crippen MR) is 88.7 cm³/mol. The molecule has 21 heavy (non-hydrogen) atoms. The minimum atomic E-state index is 0.514. The van der Waals surface area contributed by atoms with E-state index in [0.717, 1.165) is 24.8 Å². The van der Waals surface area contributed by atoms with Gasteiger partial charge in [-0.3, -0.25) is 4.68 Å². The van der Waals surface area contributed by atoms with Gasteiger partial charge < -0.3 is 9.80 Å². The van der Waals surface area contributed by atoms with E-state index >= 15 is 0 Å². The minimum Gasteiger partial charge on any atom is -0.302 e. The van der Waals surface area contributed by atoms with Crippen LogP contribution in [0.1, 0.15) is 44.0 Å². The second kappa shape index (κ2) is 7.41. The molecule has 0 aliphatic heterocycles. The Hall–Kier alpha value is -0.870. The fourth-order valence-electron chi connectivity index (χ4n) is 3.31. The van der Waals surface area contributed by atoms with Crippen LogP contribution in [0.5, 0.6) is 0 Å². The van der Waals surface area contributed by atoms with Crippen LogP contribution >= 0.6 is 0 Å². The molecule has 1 unspecified atom stereocenters. The highest BCUT2D eigenvalue weighted by molar-refractivity contribution is 5.06. The Kier molecular flexibility index (Phi) is 5.82. The topological polar surface area (TPSA) is 24.3 Å². The highest BCUT2D eigenvalue weighted by atomic mass is 15.3. The molecule has 120 valence electrons. The van der Waals surface area contributed by atoms with Gasteiger partial charge in [-0.25, -0.2) is 0 Å². The molecule has 0 radical (unpaired) electrons. The summed E-state index contributed by atoms with van der Waals surface area (Å²) in [6, 6.07) is 3.49. The van der Waals surface area contributed by atoms with Crippen molar-refractivity contribution in [3.63, 3.8) is 0 Å². The average molecular weight is 292 g/mol. The lowest BCUT2D eigenvalue weighted by Crippen LogP contribution is -2.40. The summed E-state index contributed by atoms with van der Waals surface area (Å²) in [6.45, 7) is 9.78. The lowest BCUT2D eigenvalue weighted by Gasteiger charge is -2.30. The largest absolute Gasteiger partial charge is 0.302 e. The molecule has 0 aromatic carbocycles. The fourth-order valence-corrected chi connectivity index (χ4v) is 3.31. The Labute approximate surface area is 130 Å². The van der Waals surface area contributed by atoms with E-state index < -0.39 is 0 Å². The zero-order valence-corrected chi connectivity index (χ0v) is 14.5. The van der Waals surface area contributed by atoms with Gasteiger partial charge in [0.1, 0.15) is 0 Å². The maximum Gasteiger partial charge on any atom is 0.0596 e. The summed E-state index contributed by atoms with van der Waals surface area (Å²) in [7, 11) is 4.52. The van der Waals surface area contributed by atoms with Crippen LogP contribution < -0.4 is 0 Å². The standard InChI is InChI=1S/C17H32N4/c1-14-12-15(2)21(18-14)13-16(3)19(4)10-11-20(5)17-8-6-7-9-17/h12,16-17H,6-11,13H2,1-5H3. The van der Waals surface area contributed by atoms with Gasteiger partial charge in [0.15, 0.2) is 0 Å². The van der Waals surface area contributed by atoms with Crippen molar-refractivity contribution in [3.8, 4) is 0 Å². The van der Waals surface area contributed by atoms with Crippen LogP contribution in [-0.2, 0) is 6.54 Å². The number of hydrogen-bond donors (Lipinski definition) is 0. The van der Waals surface area contributed by atoms with Gasteiger partial charge in [0.25, 0.3) is 0 Å². The van der Waals surface area contributed by atoms with E-state index in [2.05, 4.69) is 60.5 Å². The molecule has 1 saturated carbocycles. The molecule has 4 nitrogen and oxygen atoms in total. The Morgan fingerprint density at radius 1 is 1.24 bits per heavy atom. The Bertz CT molecular complexity index is 434. The van der Waals surface area contributed by atoms with Crippen molar-refractivity contribution in [3.05, 3.63) is 17.5 Å². The first kappa shape index (κ1) is 16.5. The summed E-state index contributed by atoms with van der Waals surface area (Å²) in [4.78, 5) is 5.02. The van der Waals surface area contributed by atoms with Gasteiger partial charge in [-0.15, -0.1) is 0 Å². The van der Waals surface area contributed by atoms with E-state index in [1.165, 1.54) is 37.9 Å². The lowest BCUT2D eigenvalue weighted by atomic mass is 10.2. The van der Waals surface area contributed by atoms with Crippen molar-refractivity contribution in [2.45, 2.75) is 65.1 Å². The van der Waals surface area contributed by atoms with Crippen LogP contribution in [0.4, 0.5) is 0 Å². The molecule has 2 rings (SSSR count). The number of rotatable bonds is 7. The van der Waals surface area contributed by atoms with Gasteiger partial charge in [-0.2, -0.15) is 5.10 Å². The quantitative estimate of drug-likeness (QED) is 0.772. The molecule has 1 heterocycles. The molecule has 4 heteroatoms. The van der Waals surface area contributed by atoms with Crippen molar-refractivity contribution in [1.29, 1.82) is 0 Å². The number of hydrogen-bond acceptors (Lipinski definition) is 3. The van der Waals surface area contributed by atoms with E-state index in [9.17, 15) is 0 Å². The van der Waals surface area contributed by atoms with Crippen LogP contribution in [0.15, 0.2) is 6.07 Å². The molecule has 1 atom stereocenters. The Morgan fingerprint density at radius 2 is 1.90 bits per heavy atom. The molecular weight excluding hydrogens is 260 g/mol. The van der Waals surface area contributed by atoms with Crippen molar-refractivity contribution in [2.24, 2.45) is 0 Å². The molecule has 1 aliphatic rings. The summed E-state index contributed by atoms with van der Waals surface area (Å²) in [5.74, 6) is 0. The maximum atomic E-state index is 4.57. The average Bonchev–Trinajstić information content (AvgIpc) is 3.06. The summed E-state index contributed by atoms with van der Waals surface area (Å²) < 4.78 is 2.14.